The molecule has 18 heavy (non-hydrogen) atoms. The van der Waals surface area contributed by atoms with Crippen LogP contribution in [0.4, 0.5) is 0 Å². The van der Waals surface area contributed by atoms with E-state index in [1.54, 1.807) is 0 Å². The third-order valence-electron chi connectivity index (χ3n) is 4.97. The average Bonchev–Trinajstić information content (AvgIpc) is 2.41. The molecule has 0 bridgehead atoms. The van der Waals surface area contributed by atoms with Crippen molar-refractivity contribution in [1.29, 1.82) is 0 Å². The molecule has 0 nitrogen and oxygen atoms in total. The first-order valence-electron chi connectivity index (χ1n) is 8.55. The van der Waals surface area contributed by atoms with Crippen LogP contribution in [0.25, 0.3) is 0 Å². The largest absolute Gasteiger partial charge is 0.0654 e. The van der Waals surface area contributed by atoms with Gasteiger partial charge in [0.15, 0.2) is 0 Å². The zero-order valence-corrected chi connectivity index (χ0v) is 13.8. The summed E-state index contributed by atoms with van der Waals surface area (Å²) in [5, 5.41) is 0. The molecule has 0 unspecified atom stereocenters. The summed E-state index contributed by atoms with van der Waals surface area (Å²) >= 11 is 0. The molecule has 0 rings (SSSR count). The molecule has 0 aliphatic carbocycles. The molecule has 0 saturated heterocycles. The molecule has 0 aliphatic rings. The second-order valence-corrected chi connectivity index (χ2v) is 5.82. The van der Waals surface area contributed by atoms with E-state index < -0.39 is 0 Å². The van der Waals surface area contributed by atoms with Crippen molar-refractivity contribution in [3.05, 3.63) is 5.92 Å². The standard InChI is InChI=1S/C18H37/c1-6-11-12-13-14-15-16-18(9-4,10-5)17(7-2)8-3/h6-16H2,1-5H3. The highest BCUT2D eigenvalue weighted by atomic mass is 14.4. The van der Waals surface area contributed by atoms with E-state index in [1.165, 1.54) is 70.6 Å². The maximum absolute atomic E-state index is 2.39. The van der Waals surface area contributed by atoms with E-state index in [1.807, 2.05) is 5.92 Å². The summed E-state index contributed by atoms with van der Waals surface area (Å²) in [5.41, 5.74) is 0.564. The van der Waals surface area contributed by atoms with Gasteiger partial charge in [0.05, 0.1) is 0 Å². The smallest absolute Gasteiger partial charge is 0.0185 e. The predicted octanol–water partition coefficient (Wildman–Crippen LogP) is 6.94. The monoisotopic (exact) mass is 253 g/mol. The molecular weight excluding hydrogens is 216 g/mol. The fraction of sp³-hybridized carbons (Fsp3) is 0.944. The minimum absolute atomic E-state index is 0.564. The lowest BCUT2D eigenvalue weighted by Gasteiger charge is -2.39. The Morgan fingerprint density at radius 3 is 1.61 bits per heavy atom. The summed E-state index contributed by atoms with van der Waals surface area (Å²) in [6.07, 6.45) is 15.3. The van der Waals surface area contributed by atoms with Crippen LogP contribution in [-0.2, 0) is 0 Å². The van der Waals surface area contributed by atoms with Crippen LogP contribution in [0.3, 0.4) is 0 Å². The van der Waals surface area contributed by atoms with Gasteiger partial charge in [0.25, 0.3) is 0 Å². The molecule has 0 aromatic heterocycles. The lowest BCUT2D eigenvalue weighted by atomic mass is 9.66. The summed E-state index contributed by atoms with van der Waals surface area (Å²) < 4.78 is 0. The van der Waals surface area contributed by atoms with Gasteiger partial charge in [-0.3, -0.25) is 0 Å². The number of unbranched alkanes of at least 4 members (excludes halogenated alkanes) is 5. The second-order valence-electron chi connectivity index (χ2n) is 5.82. The Morgan fingerprint density at radius 2 is 1.17 bits per heavy atom. The number of hydrogen-bond acceptors (Lipinski definition) is 0. The summed E-state index contributed by atoms with van der Waals surface area (Å²) in [6, 6.07) is 0. The van der Waals surface area contributed by atoms with Crippen molar-refractivity contribution in [2.45, 2.75) is 105 Å². The fourth-order valence-electron chi connectivity index (χ4n) is 3.52. The van der Waals surface area contributed by atoms with Crippen LogP contribution in [0.2, 0.25) is 0 Å². The highest BCUT2D eigenvalue weighted by molar-refractivity contribution is 5.04. The molecule has 109 valence electrons. The van der Waals surface area contributed by atoms with E-state index in [9.17, 15) is 0 Å². The molecule has 0 atom stereocenters. The highest BCUT2D eigenvalue weighted by Crippen LogP contribution is 2.45. The highest BCUT2D eigenvalue weighted by Gasteiger charge is 2.32. The zero-order chi connectivity index (χ0) is 13.9. The molecule has 0 fully saturated rings. The van der Waals surface area contributed by atoms with Gasteiger partial charge in [0.1, 0.15) is 0 Å². The van der Waals surface area contributed by atoms with Gasteiger partial charge in [-0.05, 0) is 43.4 Å². The lowest BCUT2D eigenvalue weighted by Crippen LogP contribution is -2.27. The first kappa shape index (κ1) is 18.0. The molecule has 0 saturated carbocycles. The molecular formula is C18H37. The minimum atomic E-state index is 0.564. The van der Waals surface area contributed by atoms with Crippen molar-refractivity contribution >= 4 is 0 Å². The van der Waals surface area contributed by atoms with Crippen molar-refractivity contribution in [3.63, 3.8) is 0 Å². The van der Waals surface area contributed by atoms with Crippen LogP contribution in [-0.4, -0.2) is 0 Å². The fourth-order valence-corrected chi connectivity index (χ4v) is 3.52. The van der Waals surface area contributed by atoms with Gasteiger partial charge < -0.3 is 0 Å². The van der Waals surface area contributed by atoms with Crippen LogP contribution < -0.4 is 0 Å². The zero-order valence-electron chi connectivity index (χ0n) is 13.8. The third kappa shape index (κ3) is 5.76. The summed E-state index contributed by atoms with van der Waals surface area (Å²) in [5.74, 6) is 1.82. The van der Waals surface area contributed by atoms with Gasteiger partial charge in [-0.1, -0.05) is 73.1 Å². The van der Waals surface area contributed by atoms with Gasteiger partial charge in [0.2, 0.25) is 0 Å². The van der Waals surface area contributed by atoms with Crippen molar-refractivity contribution in [1.82, 2.24) is 0 Å². The van der Waals surface area contributed by atoms with Crippen LogP contribution >= 0.6 is 0 Å². The van der Waals surface area contributed by atoms with Gasteiger partial charge in [0, 0.05) is 0 Å². The Morgan fingerprint density at radius 1 is 0.667 bits per heavy atom. The Bertz CT molecular complexity index is 163. The first-order valence-corrected chi connectivity index (χ1v) is 8.55. The van der Waals surface area contributed by atoms with E-state index in [4.69, 9.17) is 0 Å². The van der Waals surface area contributed by atoms with Gasteiger partial charge in [-0.2, -0.15) is 0 Å². The van der Waals surface area contributed by atoms with Gasteiger partial charge in [-0.25, -0.2) is 0 Å². The van der Waals surface area contributed by atoms with E-state index in [0.717, 1.165) is 0 Å². The Kier molecular flexibility index (Phi) is 10.9. The second kappa shape index (κ2) is 10.9. The van der Waals surface area contributed by atoms with E-state index in [2.05, 4.69) is 34.6 Å². The third-order valence-corrected chi connectivity index (χ3v) is 4.97. The molecule has 0 heteroatoms. The molecule has 0 amide bonds. The molecule has 0 N–H and O–H groups in total. The lowest BCUT2D eigenvalue weighted by molar-refractivity contribution is 0.230. The molecule has 0 heterocycles. The predicted molar refractivity (Wildman–Crippen MR) is 84.8 cm³/mol. The first-order chi connectivity index (χ1) is 8.70. The normalized spacial score (nSPS) is 12.3. The molecule has 0 aliphatic heterocycles. The molecule has 1 radical (unpaired) electrons. The van der Waals surface area contributed by atoms with Crippen molar-refractivity contribution < 1.29 is 0 Å². The Balaban J connectivity index is 4.10. The summed E-state index contributed by atoms with van der Waals surface area (Å²) in [7, 11) is 0. The molecule has 0 aromatic carbocycles. The van der Waals surface area contributed by atoms with Crippen molar-refractivity contribution in [3.8, 4) is 0 Å². The van der Waals surface area contributed by atoms with Gasteiger partial charge >= 0.3 is 0 Å². The molecule has 0 spiro atoms. The maximum atomic E-state index is 2.39. The molecule has 0 aromatic rings. The topological polar surface area (TPSA) is 0 Å². The van der Waals surface area contributed by atoms with E-state index in [0.29, 0.717) is 5.41 Å². The Hall–Kier alpha value is 0. The van der Waals surface area contributed by atoms with E-state index >= 15 is 0 Å². The van der Waals surface area contributed by atoms with Crippen molar-refractivity contribution in [2.75, 3.05) is 0 Å². The summed E-state index contributed by atoms with van der Waals surface area (Å²) in [4.78, 5) is 0. The van der Waals surface area contributed by atoms with Gasteiger partial charge in [-0.15, -0.1) is 0 Å². The summed E-state index contributed by atoms with van der Waals surface area (Å²) in [6.45, 7) is 11.8. The Labute approximate surface area is 117 Å². The number of rotatable bonds is 12. The van der Waals surface area contributed by atoms with Crippen LogP contribution in [0, 0.1) is 11.3 Å². The van der Waals surface area contributed by atoms with Crippen LogP contribution in [0.5, 0.6) is 0 Å². The van der Waals surface area contributed by atoms with E-state index in [-0.39, 0.29) is 0 Å². The SMILES string of the molecule is CCCCCCCCC(CC)(CC)[C](CC)CC. The van der Waals surface area contributed by atoms with Crippen LogP contribution in [0.1, 0.15) is 105 Å². The van der Waals surface area contributed by atoms with Crippen LogP contribution in [0.15, 0.2) is 0 Å². The van der Waals surface area contributed by atoms with Crippen molar-refractivity contribution in [2.24, 2.45) is 5.41 Å². The quantitative estimate of drug-likeness (QED) is 0.330. The average molecular weight is 253 g/mol. The minimum Gasteiger partial charge on any atom is -0.0654 e. The maximum Gasteiger partial charge on any atom is -0.0185 e. The number of hydrogen-bond donors (Lipinski definition) is 0.